The maximum absolute atomic E-state index is 11.7. The van der Waals surface area contributed by atoms with Gasteiger partial charge in [0.25, 0.3) is 0 Å². The Morgan fingerprint density at radius 1 is 0.641 bits per heavy atom. The highest BCUT2D eigenvalue weighted by molar-refractivity contribution is 5.86. The van der Waals surface area contributed by atoms with Crippen LogP contribution in [0.2, 0.25) is 0 Å². The summed E-state index contributed by atoms with van der Waals surface area (Å²) in [6.45, 7) is 1.91. The zero-order valence-electron chi connectivity index (χ0n) is 25.4. The third-order valence-electron chi connectivity index (χ3n) is 7.91. The van der Waals surface area contributed by atoms with Crippen molar-refractivity contribution in [3.63, 3.8) is 0 Å². The molecule has 39 heavy (non-hydrogen) atoms. The van der Waals surface area contributed by atoms with E-state index in [0.717, 1.165) is 64.2 Å². The molecule has 0 saturated carbocycles. The Morgan fingerprint density at radius 3 is 1.41 bits per heavy atom. The van der Waals surface area contributed by atoms with E-state index in [1.165, 1.54) is 77.0 Å². The lowest BCUT2D eigenvalue weighted by Gasteiger charge is -2.24. The molecule has 0 aromatic rings. The van der Waals surface area contributed by atoms with Crippen molar-refractivity contribution < 1.29 is 24.9 Å². The first-order chi connectivity index (χ1) is 18.8. The molecule has 6 heteroatoms. The molecule has 0 bridgehead atoms. The summed E-state index contributed by atoms with van der Waals surface area (Å²) in [5.41, 5.74) is 4.27. The summed E-state index contributed by atoms with van der Waals surface area (Å²) in [4.78, 5) is 22.4. The van der Waals surface area contributed by atoms with Crippen LogP contribution < -0.4 is 5.73 Å². The van der Waals surface area contributed by atoms with Crippen LogP contribution in [0.4, 0.5) is 0 Å². The molecule has 5 N–H and O–H groups in total. The van der Waals surface area contributed by atoms with Crippen molar-refractivity contribution in [2.45, 2.75) is 179 Å². The number of unbranched alkanes of at least 4 members (excludes halogenated alkanes) is 20. The highest BCUT2D eigenvalue weighted by atomic mass is 16.4. The minimum absolute atomic E-state index is 0.189. The van der Waals surface area contributed by atoms with Gasteiger partial charge in [-0.25, -0.2) is 4.79 Å². The van der Waals surface area contributed by atoms with Crippen molar-refractivity contribution in [2.24, 2.45) is 5.73 Å². The molecule has 0 aliphatic carbocycles. The molecule has 0 saturated heterocycles. The molecule has 0 rings (SSSR count). The molecular formula is C33H63NO5. The standard InChI is InChI=1S/C33H63NO5/c1-2-3-4-5-6-7-8-9-10-12-15-18-21-24-30(32(37)38)26-28-33(39,29-35)27-23-20-17-14-11-13-16-19-22-25-31(34)36/h26,35,39H,2-25,27-29H2,1H3,(H2,34,36)(H,37,38)/b30-26+. The maximum atomic E-state index is 11.7. The smallest absolute Gasteiger partial charge is 0.331 e. The summed E-state index contributed by atoms with van der Waals surface area (Å²) in [7, 11) is 0. The Bertz CT molecular complexity index is 621. The van der Waals surface area contributed by atoms with E-state index in [2.05, 4.69) is 6.92 Å². The van der Waals surface area contributed by atoms with Gasteiger partial charge in [0.05, 0.1) is 12.2 Å². The van der Waals surface area contributed by atoms with Crippen molar-refractivity contribution >= 4 is 11.9 Å². The lowest BCUT2D eigenvalue weighted by atomic mass is 9.91. The number of carboxylic acid groups (broad SMARTS) is 1. The fourth-order valence-electron chi connectivity index (χ4n) is 5.18. The number of rotatable bonds is 30. The predicted octanol–water partition coefficient (Wildman–Crippen LogP) is 8.37. The number of primary amides is 1. The topological polar surface area (TPSA) is 121 Å². The van der Waals surface area contributed by atoms with E-state index in [-0.39, 0.29) is 18.9 Å². The molecule has 0 aliphatic heterocycles. The molecule has 0 fully saturated rings. The number of amides is 1. The van der Waals surface area contributed by atoms with Crippen LogP contribution in [0.3, 0.4) is 0 Å². The van der Waals surface area contributed by atoms with E-state index in [1.54, 1.807) is 6.08 Å². The molecule has 0 aliphatic rings. The Hall–Kier alpha value is -1.40. The van der Waals surface area contributed by atoms with E-state index in [4.69, 9.17) is 5.73 Å². The van der Waals surface area contributed by atoms with Crippen LogP contribution in [0.5, 0.6) is 0 Å². The Kier molecular flexibility index (Phi) is 25.8. The summed E-state index contributed by atoms with van der Waals surface area (Å²) in [6, 6.07) is 0. The quantitative estimate of drug-likeness (QED) is 0.0526. The minimum Gasteiger partial charge on any atom is -0.478 e. The average Bonchev–Trinajstić information content (AvgIpc) is 2.91. The third kappa shape index (κ3) is 25.3. The van der Waals surface area contributed by atoms with Crippen LogP contribution in [0.1, 0.15) is 174 Å². The van der Waals surface area contributed by atoms with Gasteiger partial charge in [-0.05, 0) is 32.1 Å². The molecule has 0 spiro atoms. The molecular weight excluding hydrogens is 490 g/mol. The average molecular weight is 554 g/mol. The maximum Gasteiger partial charge on any atom is 0.331 e. The van der Waals surface area contributed by atoms with Crippen LogP contribution in [-0.4, -0.2) is 39.4 Å². The first kappa shape index (κ1) is 37.6. The predicted molar refractivity (Wildman–Crippen MR) is 163 cm³/mol. The van der Waals surface area contributed by atoms with Crippen LogP contribution in [-0.2, 0) is 9.59 Å². The van der Waals surface area contributed by atoms with Gasteiger partial charge in [-0.15, -0.1) is 0 Å². The summed E-state index contributed by atoms with van der Waals surface area (Å²) >= 11 is 0. The van der Waals surface area contributed by atoms with Crippen LogP contribution in [0.25, 0.3) is 0 Å². The lowest BCUT2D eigenvalue weighted by Crippen LogP contribution is -2.32. The zero-order valence-corrected chi connectivity index (χ0v) is 25.4. The summed E-state index contributed by atoms with van der Waals surface area (Å²) in [5, 5.41) is 30.1. The Balaban J connectivity index is 3.94. The van der Waals surface area contributed by atoms with E-state index in [0.29, 0.717) is 24.8 Å². The number of nitrogens with two attached hydrogens (primary N) is 1. The number of aliphatic hydroxyl groups excluding tert-OH is 1. The van der Waals surface area contributed by atoms with Crippen LogP contribution in [0, 0.1) is 0 Å². The molecule has 0 radical (unpaired) electrons. The van der Waals surface area contributed by atoms with Gasteiger partial charge in [0, 0.05) is 12.0 Å². The number of aliphatic hydroxyl groups is 2. The van der Waals surface area contributed by atoms with Crippen molar-refractivity contribution in [1.29, 1.82) is 0 Å². The Morgan fingerprint density at radius 2 is 1.03 bits per heavy atom. The normalized spacial score (nSPS) is 13.5. The first-order valence-electron chi connectivity index (χ1n) is 16.4. The number of aliphatic carboxylic acids is 1. The number of carbonyl (C=O) groups is 2. The van der Waals surface area contributed by atoms with E-state index < -0.39 is 11.6 Å². The van der Waals surface area contributed by atoms with Crippen LogP contribution in [0.15, 0.2) is 11.6 Å². The fourth-order valence-corrected chi connectivity index (χ4v) is 5.18. The van der Waals surface area contributed by atoms with E-state index >= 15 is 0 Å². The van der Waals surface area contributed by atoms with Gasteiger partial charge in [-0.2, -0.15) is 0 Å². The van der Waals surface area contributed by atoms with Gasteiger partial charge in [0.1, 0.15) is 0 Å². The van der Waals surface area contributed by atoms with Gasteiger partial charge in [-0.1, -0.05) is 141 Å². The highest BCUT2D eigenvalue weighted by Crippen LogP contribution is 2.23. The second kappa shape index (κ2) is 26.8. The number of carboxylic acids is 1. The van der Waals surface area contributed by atoms with Gasteiger partial charge >= 0.3 is 5.97 Å². The number of hydrogen-bond donors (Lipinski definition) is 4. The van der Waals surface area contributed by atoms with Crippen LogP contribution >= 0.6 is 0 Å². The van der Waals surface area contributed by atoms with Crippen molar-refractivity contribution in [1.82, 2.24) is 0 Å². The number of carbonyl (C=O) groups excluding carboxylic acids is 1. The molecule has 230 valence electrons. The van der Waals surface area contributed by atoms with Crippen molar-refractivity contribution in [2.75, 3.05) is 6.61 Å². The van der Waals surface area contributed by atoms with Gasteiger partial charge in [-0.3, -0.25) is 4.79 Å². The SMILES string of the molecule is CCCCCCCCCCCCCCC/C(=C\CC(O)(CO)CCCCCCCCCCCC(N)=O)C(=O)O. The van der Waals surface area contributed by atoms with Crippen molar-refractivity contribution in [3.05, 3.63) is 11.6 Å². The monoisotopic (exact) mass is 553 g/mol. The van der Waals surface area contributed by atoms with E-state index in [1.807, 2.05) is 0 Å². The number of hydrogen-bond acceptors (Lipinski definition) is 4. The summed E-state index contributed by atoms with van der Waals surface area (Å²) < 4.78 is 0. The van der Waals surface area contributed by atoms with Gasteiger partial charge in [0.2, 0.25) is 5.91 Å². The lowest BCUT2D eigenvalue weighted by molar-refractivity contribution is -0.132. The van der Waals surface area contributed by atoms with Gasteiger partial charge in [0.15, 0.2) is 0 Å². The molecule has 0 aromatic carbocycles. The molecule has 0 aromatic heterocycles. The molecule has 6 nitrogen and oxygen atoms in total. The minimum atomic E-state index is -1.24. The molecule has 1 unspecified atom stereocenters. The van der Waals surface area contributed by atoms with E-state index in [9.17, 15) is 24.9 Å². The fraction of sp³-hybridized carbons (Fsp3) is 0.879. The second-order valence-electron chi connectivity index (χ2n) is 11.8. The first-order valence-corrected chi connectivity index (χ1v) is 16.4. The summed E-state index contributed by atoms with van der Waals surface area (Å²) in [5.74, 6) is -1.13. The van der Waals surface area contributed by atoms with Crippen molar-refractivity contribution in [3.8, 4) is 0 Å². The summed E-state index contributed by atoms with van der Waals surface area (Å²) in [6.07, 6.45) is 29.2. The molecule has 1 atom stereocenters. The zero-order chi connectivity index (χ0) is 29.0. The highest BCUT2D eigenvalue weighted by Gasteiger charge is 2.25. The Labute approximate surface area is 240 Å². The van der Waals surface area contributed by atoms with Gasteiger partial charge < -0.3 is 21.1 Å². The molecule has 0 heterocycles. The largest absolute Gasteiger partial charge is 0.478 e. The molecule has 1 amide bonds. The third-order valence-corrected chi connectivity index (χ3v) is 7.91. The second-order valence-corrected chi connectivity index (χ2v) is 11.8.